The van der Waals surface area contributed by atoms with Gasteiger partial charge >= 0.3 is 5.97 Å². The Morgan fingerprint density at radius 3 is 2.74 bits per heavy atom. The molecule has 0 atom stereocenters. The molecule has 0 aliphatic carbocycles. The number of esters is 1. The molecule has 0 saturated carbocycles. The fraction of sp³-hybridized carbons (Fsp3) is 0.200. The van der Waals surface area contributed by atoms with Gasteiger partial charge in [0.25, 0.3) is 5.56 Å². The van der Waals surface area contributed by atoms with Crippen LogP contribution >= 0.6 is 11.6 Å². The number of halogens is 1. The number of anilines is 1. The van der Waals surface area contributed by atoms with E-state index in [1.165, 1.54) is 0 Å². The molecule has 1 aromatic heterocycles. The van der Waals surface area contributed by atoms with Crippen LogP contribution in [0.15, 0.2) is 47.3 Å². The molecule has 2 aromatic carbocycles. The number of methoxy groups -OCH3 is 1. The lowest BCUT2D eigenvalue weighted by Crippen LogP contribution is -2.23. The van der Waals surface area contributed by atoms with Gasteiger partial charge in [0.1, 0.15) is 11.3 Å². The van der Waals surface area contributed by atoms with Crippen molar-refractivity contribution in [1.82, 2.24) is 4.98 Å². The first-order chi connectivity index (χ1) is 13.0. The molecule has 0 aliphatic rings. The number of benzene rings is 2. The molecule has 1 heterocycles. The fourth-order valence-electron chi connectivity index (χ4n) is 2.84. The van der Waals surface area contributed by atoms with Gasteiger partial charge in [0.2, 0.25) is 0 Å². The standard InChI is InChI=1S/C20H19ClN2O4/c1-3-27-20(25)16-18(22-11-12-6-4-7-13(10-12)26-2)14-8-5-9-15(21)17(14)23-19(16)24/h4-10H,3,11H2,1-2H3,(H2,22,23,24). The normalized spacial score (nSPS) is 10.6. The lowest BCUT2D eigenvalue weighted by atomic mass is 10.1. The molecule has 0 saturated heterocycles. The minimum absolute atomic E-state index is 0.0745. The van der Waals surface area contributed by atoms with Crippen molar-refractivity contribution in [2.75, 3.05) is 19.0 Å². The second-order valence-electron chi connectivity index (χ2n) is 5.79. The average molecular weight is 387 g/mol. The van der Waals surface area contributed by atoms with E-state index >= 15 is 0 Å². The quantitative estimate of drug-likeness (QED) is 0.626. The van der Waals surface area contributed by atoms with E-state index in [1.807, 2.05) is 24.3 Å². The van der Waals surface area contributed by atoms with Gasteiger partial charge in [0, 0.05) is 11.9 Å². The zero-order valence-corrected chi connectivity index (χ0v) is 15.7. The van der Waals surface area contributed by atoms with E-state index in [0.717, 1.165) is 11.3 Å². The zero-order valence-electron chi connectivity index (χ0n) is 15.0. The van der Waals surface area contributed by atoms with Gasteiger partial charge in [-0.3, -0.25) is 4.79 Å². The summed E-state index contributed by atoms with van der Waals surface area (Å²) >= 11 is 6.22. The number of hydrogen-bond acceptors (Lipinski definition) is 5. The monoisotopic (exact) mass is 386 g/mol. The van der Waals surface area contributed by atoms with Crippen LogP contribution in [0.1, 0.15) is 22.8 Å². The van der Waals surface area contributed by atoms with Crippen LogP contribution in [0.4, 0.5) is 5.69 Å². The second kappa shape index (κ2) is 8.14. The smallest absolute Gasteiger partial charge is 0.345 e. The van der Waals surface area contributed by atoms with Gasteiger partial charge in [-0.25, -0.2) is 4.79 Å². The Hall–Kier alpha value is -2.99. The molecular weight excluding hydrogens is 368 g/mol. The Labute approximate surface area is 161 Å². The first-order valence-electron chi connectivity index (χ1n) is 8.43. The molecule has 0 spiro atoms. The number of pyridine rings is 1. The topological polar surface area (TPSA) is 80.4 Å². The van der Waals surface area contributed by atoms with Crippen molar-refractivity contribution < 1.29 is 14.3 Å². The third-order valence-electron chi connectivity index (χ3n) is 4.08. The number of para-hydroxylation sites is 1. The van der Waals surface area contributed by atoms with Crippen molar-refractivity contribution in [2.45, 2.75) is 13.5 Å². The molecule has 7 heteroatoms. The van der Waals surface area contributed by atoms with Crippen molar-refractivity contribution in [1.29, 1.82) is 0 Å². The Morgan fingerprint density at radius 1 is 1.22 bits per heavy atom. The van der Waals surface area contributed by atoms with Crippen molar-refractivity contribution >= 4 is 34.2 Å². The second-order valence-corrected chi connectivity index (χ2v) is 6.20. The van der Waals surface area contributed by atoms with E-state index in [4.69, 9.17) is 21.1 Å². The third kappa shape index (κ3) is 3.90. The van der Waals surface area contributed by atoms with Crippen LogP contribution in [0, 0.1) is 0 Å². The molecule has 140 valence electrons. The van der Waals surface area contributed by atoms with Crippen LogP contribution in [-0.2, 0) is 11.3 Å². The Balaban J connectivity index is 2.10. The maximum absolute atomic E-state index is 12.6. The molecule has 6 nitrogen and oxygen atoms in total. The van der Waals surface area contributed by atoms with E-state index in [2.05, 4.69) is 10.3 Å². The molecule has 0 unspecified atom stereocenters. The maximum Gasteiger partial charge on any atom is 0.345 e. The summed E-state index contributed by atoms with van der Waals surface area (Å²) in [4.78, 5) is 27.6. The number of aromatic amines is 1. The van der Waals surface area contributed by atoms with Crippen LogP contribution in [0.2, 0.25) is 5.02 Å². The van der Waals surface area contributed by atoms with E-state index in [-0.39, 0.29) is 12.2 Å². The van der Waals surface area contributed by atoms with Gasteiger partial charge in [0.15, 0.2) is 0 Å². The number of carbonyl (C=O) groups is 1. The predicted octanol–water partition coefficient (Wildman–Crippen LogP) is 3.98. The van der Waals surface area contributed by atoms with Crippen LogP contribution in [-0.4, -0.2) is 24.7 Å². The first kappa shape index (κ1) is 18.8. The zero-order chi connectivity index (χ0) is 19.4. The summed E-state index contributed by atoms with van der Waals surface area (Å²) in [6, 6.07) is 12.7. The molecule has 0 amide bonds. The molecule has 3 aromatic rings. The summed E-state index contributed by atoms with van der Waals surface area (Å²) in [5.74, 6) is 0.0347. The minimum Gasteiger partial charge on any atom is -0.497 e. The molecule has 27 heavy (non-hydrogen) atoms. The van der Waals surface area contributed by atoms with Gasteiger partial charge in [-0.05, 0) is 30.7 Å². The van der Waals surface area contributed by atoms with Gasteiger partial charge in [0.05, 0.1) is 29.9 Å². The Bertz CT molecular complexity index is 1050. The fourth-order valence-corrected chi connectivity index (χ4v) is 3.06. The number of nitrogens with one attached hydrogen (secondary N) is 2. The highest BCUT2D eigenvalue weighted by atomic mass is 35.5. The van der Waals surface area contributed by atoms with Gasteiger partial charge in [-0.15, -0.1) is 0 Å². The summed E-state index contributed by atoms with van der Waals surface area (Å²) in [5, 5.41) is 4.22. The van der Waals surface area contributed by atoms with Crippen LogP contribution in [0.25, 0.3) is 10.9 Å². The van der Waals surface area contributed by atoms with Crippen molar-refractivity contribution in [3.63, 3.8) is 0 Å². The van der Waals surface area contributed by atoms with Crippen LogP contribution in [0.3, 0.4) is 0 Å². The van der Waals surface area contributed by atoms with E-state index in [0.29, 0.717) is 28.2 Å². The highest BCUT2D eigenvalue weighted by molar-refractivity contribution is 6.35. The summed E-state index contributed by atoms with van der Waals surface area (Å²) < 4.78 is 10.3. The third-order valence-corrected chi connectivity index (χ3v) is 4.40. The number of aromatic nitrogens is 1. The number of hydrogen-bond donors (Lipinski definition) is 2. The lowest BCUT2D eigenvalue weighted by molar-refractivity contribution is 0.0525. The largest absolute Gasteiger partial charge is 0.497 e. The Kier molecular flexibility index (Phi) is 5.66. The molecule has 0 bridgehead atoms. The summed E-state index contributed by atoms with van der Waals surface area (Å²) in [6.45, 7) is 2.24. The number of fused-ring (bicyclic) bond motifs is 1. The van der Waals surface area contributed by atoms with Crippen LogP contribution < -0.4 is 15.6 Å². The predicted molar refractivity (Wildman–Crippen MR) is 106 cm³/mol. The highest BCUT2D eigenvalue weighted by Gasteiger charge is 2.21. The number of rotatable bonds is 6. The van der Waals surface area contributed by atoms with Gasteiger partial charge in [-0.2, -0.15) is 0 Å². The number of carbonyl (C=O) groups excluding carboxylic acids is 1. The Morgan fingerprint density at radius 2 is 2.00 bits per heavy atom. The first-order valence-corrected chi connectivity index (χ1v) is 8.81. The van der Waals surface area contributed by atoms with Gasteiger partial charge < -0.3 is 19.8 Å². The van der Waals surface area contributed by atoms with E-state index < -0.39 is 11.5 Å². The minimum atomic E-state index is -0.686. The summed E-state index contributed by atoms with van der Waals surface area (Å²) in [5.41, 5.74) is 1.15. The number of H-pyrrole nitrogens is 1. The van der Waals surface area contributed by atoms with Crippen LogP contribution in [0.5, 0.6) is 5.75 Å². The molecule has 0 fully saturated rings. The van der Waals surface area contributed by atoms with Gasteiger partial charge in [-0.1, -0.05) is 35.9 Å². The molecule has 0 radical (unpaired) electrons. The highest BCUT2D eigenvalue weighted by Crippen LogP contribution is 2.29. The van der Waals surface area contributed by atoms with Crippen molar-refractivity contribution in [3.8, 4) is 5.75 Å². The van der Waals surface area contributed by atoms with Crippen molar-refractivity contribution in [3.05, 3.63) is 69.0 Å². The number of ether oxygens (including phenoxy) is 2. The van der Waals surface area contributed by atoms with E-state index in [9.17, 15) is 9.59 Å². The molecular formula is C20H19ClN2O4. The van der Waals surface area contributed by atoms with E-state index in [1.54, 1.807) is 32.2 Å². The molecule has 3 rings (SSSR count). The SMILES string of the molecule is CCOC(=O)c1c(NCc2cccc(OC)c2)c2cccc(Cl)c2[nH]c1=O. The molecule has 2 N–H and O–H groups in total. The molecule has 0 aliphatic heterocycles. The van der Waals surface area contributed by atoms with Crippen molar-refractivity contribution in [2.24, 2.45) is 0 Å². The lowest BCUT2D eigenvalue weighted by Gasteiger charge is -2.15. The summed E-state index contributed by atoms with van der Waals surface area (Å²) in [6.07, 6.45) is 0. The average Bonchev–Trinajstić information content (AvgIpc) is 2.67. The maximum atomic E-state index is 12.6. The summed E-state index contributed by atoms with van der Waals surface area (Å²) in [7, 11) is 1.59.